The molecule has 19 heavy (non-hydrogen) atoms. The average Bonchev–Trinajstić information content (AvgIpc) is 2.79. The molecule has 0 radical (unpaired) electrons. The van der Waals surface area contributed by atoms with Gasteiger partial charge in [-0.1, -0.05) is 23.7 Å². The Morgan fingerprint density at radius 2 is 2.21 bits per heavy atom. The molecular formula is C14H16ClFN2S. The van der Waals surface area contributed by atoms with E-state index in [4.69, 9.17) is 11.6 Å². The lowest BCUT2D eigenvalue weighted by atomic mass is 10.0. The Balaban J connectivity index is 2.08. The fourth-order valence-corrected chi connectivity index (χ4v) is 2.82. The second-order valence-corrected chi connectivity index (χ2v) is 5.93. The third-order valence-corrected chi connectivity index (χ3v) is 4.14. The maximum absolute atomic E-state index is 13.9. The molecule has 0 spiro atoms. The quantitative estimate of drug-likeness (QED) is 0.912. The van der Waals surface area contributed by atoms with Gasteiger partial charge in [0.25, 0.3) is 0 Å². The molecule has 0 bridgehead atoms. The van der Waals surface area contributed by atoms with Crippen LogP contribution >= 0.6 is 22.9 Å². The Bertz CT molecular complexity index is 556. The number of aryl methyl sites for hydroxylation is 1. The highest BCUT2D eigenvalue weighted by Gasteiger charge is 2.14. The highest BCUT2D eigenvalue weighted by atomic mass is 35.5. The van der Waals surface area contributed by atoms with Crippen molar-refractivity contribution in [1.82, 2.24) is 10.3 Å². The Kier molecular flexibility index (Phi) is 4.91. The molecule has 0 fully saturated rings. The zero-order chi connectivity index (χ0) is 13.8. The van der Waals surface area contributed by atoms with Crippen molar-refractivity contribution in [3.05, 3.63) is 50.7 Å². The predicted molar refractivity (Wildman–Crippen MR) is 78.5 cm³/mol. The lowest BCUT2D eigenvalue weighted by Gasteiger charge is -2.15. The van der Waals surface area contributed by atoms with Crippen LogP contribution in [0.5, 0.6) is 0 Å². The highest BCUT2D eigenvalue weighted by Crippen LogP contribution is 2.20. The molecule has 2 rings (SSSR count). The molecule has 1 heterocycles. The van der Waals surface area contributed by atoms with Crippen LogP contribution in [0.1, 0.15) is 16.3 Å². The summed E-state index contributed by atoms with van der Waals surface area (Å²) in [6.45, 7) is 1.99. The van der Waals surface area contributed by atoms with Crippen LogP contribution in [-0.2, 0) is 12.8 Å². The smallest absolute Gasteiger partial charge is 0.145 e. The number of nitrogens with one attached hydrogen (secondary N) is 1. The SMILES string of the molecule is CNC(Cc1csc(C)n1)Cc1cccc(Cl)c1F. The Morgan fingerprint density at radius 1 is 1.42 bits per heavy atom. The average molecular weight is 299 g/mol. The lowest BCUT2D eigenvalue weighted by molar-refractivity contribution is 0.528. The number of hydrogen-bond donors (Lipinski definition) is 1. The van der Waals surface area contributed by atoms with Crippen LogP contribution in [0.3, 0.4) is 0 Å². The first-order chi connectivity index (χ1) is 9.10. The van der Waals surface area contributed by atoms with Crippen molar-refractivity contribution in [3.63, 3.8) is 0 Å². The predicted octanol–water partition coefficient (Wildman–Crippen LogP) is 3.62. The molecule has 1 aromatic carbocycles. The molecule has 1 N–H and O–H groups in total. The molecule has 0 aliphatic heterocycles. The molecule has 0 amide bonds. The Morgan fingerprint density at radius 3 is 2.84 bits per heavy atom. The van der Waals surface area contributed by atoms with Gasteiger partial charge >= 0.3 is 0 Å². The fraction of sp³-hybridized carbons (Fsp3) is 0.357. The van der Waals surface area contributed by atoms with E-state index in [1.807, 2.05) is 19.4 Å². The Labute approximate surface area is 121 Å². The topological polar surface area (TPSA) is 24.9 Å². The van der Waals surface area contributed by atoms with Gasteiger partial charge < -0.3 is 5.32 Å². The van der Waals surface area contributed by atoms with E-state index in [2.05, 4.69) is 10.3 Å². The number of nitrogens with zero attached hydrogens (tertiary/aromatic N) is 1. The maximum atomic E-state index is 13.9. The minimum Gasteiger partial charge on any atom is -0.316 e. The number of benzene rings is 1. The van der Waals surface area contributed by atoms with Crippen molar-refractivity contribution in [2.24, 2.45) is 0 Å². The first-order valence-corrected chi connectivity index (χ1v) is 7.37. The van der Waals surface area contributed by atoms with Gasteiger partial charge in [0.2, 0.25) is 0 Å². The molecule has 1 atom stereocenters. The molecule has 102 valence electrons. The minimum absolute atomic E-state index is 0.148. The number of aromatic nitrogens is 1. The van der Waals surface area contributed by atoms with E-state index in [0.717, 1.165) is 17.1 Å². The first kappa shape index (κ1) is 14.4. The van der Waals surface area contributed by atoms with Crippen LogP contribution in [0, 0.1) is 12.7 Å². The van der Waals surface area contributed by atoms with Crippen LogP contribution in [0.2, 0.25) is 5.02 Å². The molecule has 2 nitrogen and oxygen atoms in total. The summed E-state index contributed by atoms with van der Waals surface area (Å²) < 4.78 is 13.9. The summed E-state index contributed by atoms with van der Waals surface area (Å²) in [5.74, 6) is -0.320. The minimum atomic E-state index is -0.320. The number of halogens is 2. The van der Waals surface area contributed by atoms with Crippen molar-refractivity contribution in [2.45, 2.75) is 25.8 Å². The van der Waals surface area contributed by atoms with E-state index in [0.29, 0.717) is 12.0 Å². The summed E-state index contributed by atoms with van der Waals surface area (Å²) in [7, 11) is 1.88. The van der Waals surface area contributed by atoms with Gasteiger partial charge in [0.05, 0.1) is 15.7 Å². The highest BCUT2D eigenvalue weighted by molar-refractivity contribution is 7.09. The summed E-state index contributed by atoms with van der Waals surface area (Å²) in [5, 5.41) is 6.49. The lowest BCUT2D eigenvalue weighted by Crippen LogP contribution is -2.30. The monoisotopic (exact) mass is 298 g/mol. The zero-order valence-electron chi connectivity index (χ0n) is 10.9. The number of likely N-dealkylation sites (N-methyl/N-ethyl adjacent to an activating group) is 1. The second-order valence-electron chi connectivity index (χ2n) is 4.46. The molecule has 0 aliphatic carbocycles. The largest absolute Gasteiger partial charge is 0.316 e. The van der Waals surface area contributed by atoms with Gasteiger partial charge in [-0.05, 0) is 32.0 Å². The summed E-state index contributed by atoms with van der Waals surface area (Å²) in [5.41, 5.74) is 1.68. The summed E-state index contributed by atoms with van der Waals surface area (Å²) in [6.07, 6.45) is 1.38. The maximum Gasteiger partial charge on any atom is 0.145 e. The van der Waals surface area contributed by atoms with Crippen molar-refractivity contribution in [3.8, 4) is 0 Å². The van der Waals surface area contributed by atoms with E-state index in [9.17, 15) is 4.39 Å². The van der Waals surface area contributed by atoms with Gasteiger partial charge in [0.15, 0.2) is 0 Å². The van der Waals surface area contributed by atoms with Crippen molar-refractivity contribution in [2.75, 3.05) is 7.05 Å². The van der Waals surface area contributed by atoms with Crippen LogP contribution in [0.4, 0.5) is 4.39 Å². The van der Waals surface area contributed by atoms with Crippen LogP contribution < -0.4 is 5.32 Å². The zero-order valence-corrected chi connectivity index (χ0v) is 12.5. The molecular weight excluding hydrogens is 283 g/mol. The second kappa shape index (κ2) is 6.46. The van der Waals surface area contributed by atoms with Crippen molar-refractivity contribution in [1.29, 1.82) is 0 Å². The van der Waals surface area contributed by atoms with Gasteiger partial charge in [0.1, 0.15) is 5.82 Å². The van der Waals surface area contributed by atoms with Crippen LogP contribution in [-0.4, -0.2) is 18.1 Å². The summed E-state index contributed by atoms with van der Waals surface area (Å²) in [6, 6.07) is 5.27. The van der Waals surface area contributed by atoms with E-state index in [1.54, 1.807) is 29.5 Å². The number of rotatable bonds is 5. The third-order valence-electron chi connectivity index (χ3n) is 3.03. The molecule has 5 heteroatoms. The molecule has 0 aliphatic rings. The van der Waals surface area contributed by atoms with Crippen LogP contribution in [0.25, 0.3) is 0 Å². The molecule has 0 saturated heterocycles. The molecule has 0 saturated carbocycles. The van der Waals surface area contributed by atoms with Crippen molar-refractivity contribution >= 4 is 22.9 Å². The van der Waals surface area contributed by atoms with Gasteiger partial charge in [-0.25, -0.2) is 9.37 Å². The number of hydrogen-bond acceptors (Lipinski definition) is 3. The standard InChI is InChI=1S/C14H16ClFN2S/c1-9-18-12(8-19-9)7-11(17-2)6-10-4-3-5-13(15)14(10)16/h3-5,8,11,17H,6-7H2,1-2H3. The van der Waals surface area contributed by atoms with Gasteiger partial charge in [-0.3, -0.25) is 0 Å². The van der Waals surface area contributed by atoms with Gasteiger partial charge in [-0.2, -0.15) is 0 Å². The number of thiazole rings is 1. The Hall–Kier alpha value is -0.970. The molecule has 1 aromatic heterocycles. The van der Waals surface area contributed by atoms with E-state index < -0.39 is 0 Å². The van der Waals surface area contributed by atoms with Crippen molar-refractivity contribution < 1.29 is 4.39 Å². The third kappa shape index (κ3) is 3.75. The first-order valence-electron chi connectivity index (χ1n) is 6.11. The normalized spacial score (nSPS) is 12.6. The molecule has 2 aromatic rings. The van der Waals surface area contributed by atoms with E-state index >= 15 is 0 Å². The fourth-order valence-electron chi connectivity index (χ4n) is 2.00. The summed E-state index contributed by atoms with van der Waals surface area (Å²) >= 11 is 7.43. The van der Waals surface area contributed by atoms with Gasteiger partial charge in [-0.15, -0.1) is 11.3 Å². The summed E-state index contributed by atoms with van der Waals surface area (Å²) in [4.78, 5) is 4.44. The van der Waals surface area contributed by atoms with E-state index in [1.165, 1.54) is 0 Å². The van der Waals surface area contributed by atoms with E-state index in [-0.39, 0.29) is 16.9 Å². The molecule has 1 unspecified atom stereocenters. The van der Waals surface area contributed by atoms with Crippen LogP contribution in [0.15, 0.2) is 23.6 Å². The van der Waals surface area contributed by atoms with Gasteiger partial charge in [0, 0.05) is 17.8 Å².